The van der Waals surface area contributed by atoms with E-state index in [1.807, 2.05) is 0 Å². The lowest BCUT2D eigenvalue weighted by atomic mass is 10.2. The molecule has 3 rings (SSSR count). The number of carbonyl (C=O) groups is 1. The summed E-state index contributed by atoms with van der Waals surface area (Å²) in [5.41, 5.74) is 0.245. The van der Waals surface area contributed by atoms with Crippen molar-refractivity contribution in [3.8, 4) is 0 Å². The molecule has 1 N–H and O–H groups in total. The van der Waals surface area contributed by atoms with Gasteiger partial charge < -0.3 is 10.1 Å². The molecule has 2 aliphatic heterocycles. The zero-order chi connectivity index (χ0) is 17.2. The minimum Gasteiger partial charge on any atom is -0.465 e. The number of sulfonamides is 1. The summed E-state index contributed by atoms with van der Waals surface area (Å²) in [5, 5.41) is 3.34. The van der Waals surface area contributed by atoms with Crippen molar-refractivity contribution >= 4 is 16.0 Å². The Bertz CT molecular complexity index is 693. The van der Waals surface area contributed by atoms with Gasteiger partial charge in [-0.2, -0.15) is 4.31 Å². The molecule has 7 nitrogen and oxygen atoms in total. The van der Waals surface area contributed by atoms with E-state index in [1.165, 1.54) is 23.5 Å². The fourth-order valence-corrected chi connectivity index (χ4v) is 4.78. The molecule has 132 valence electrons. The van der Waals surface area contributed by atoms with Crippen LogP contribution in [0.4, 0.5) is 0 Å². The first kappa shape index (κ1) is 17.3. The number of benzene rings is 1. The molecular weight excluding hydrogens is 330 g/mol. The van der Waals surface area contributed by atoms with Crippen LogP contribution in [0.5, 0.6) is 0 Å². The van der Waals surface area contributed by atoms with Crippen molar-refractivity contribution in [2.45, 2.75) is 17.4 Å². The van der Waals surface area contributed by atoms with Crippen molar-refractivity contribution in [3.05, 3.63) is 29.8 Å². The Morgan fingerprint density at radius 2 is 2.00 bits per heavy atom. The number of hydrogen-bond acceptors (Lipinski definition) is 6. The molecule has 0 aliphatic carbocycles. The fraction of sp³-hybridized carbons (Fsp3) is 0.562. The van der Waals surface area contributed by atoms with Crippen LogP contribution in [0.2, 0.25) is 0 Å². The third-order valence-electron chi connectivity index (χ3n) is 4.72. The predicted molar refractivity (Wildman–Crippen MR) is 89.4 cm³/mol. The summed E-state index contributed by atoms with van der Waals surface area (Å²) in [5.74, 6) is -0.536. The van der Waals surface area contributed by atoms with Gasteiger partial charge in [-0.05, 0) is 31.2 Å². The molecule has 0 bridgehead atoms. The maximum Gasteiger partial charge on any atom is 0.337 e. The summed E-state index contributed by atoms with van der Waals surface area (Å²) >= 11 is 0. The van der Waals surface area contributed by atoms with Crippen LogP contribution in [0.15, 0.2) is 29.2 Å². The van der Waals surface area contributed by atoms with Crippen LogP contribution in [-0.2, 0) is 14.8 Å². The SMILES string of the molecule is COC(=O)c1cccc(S(=O)(=O)N2CCN(C3CCNC3)CC2)c1. The fourth-order valence-electron chi connectivity index (χ4n) is 3.31. The molecule has 0 saturated carbocycles. The van der Waals surface area contributed by atoms with Gasteiger partial charge in [0, 0.05) is 38.8 Å². The maximum atomic E-state index is 12.8. The topological polar surface area (TPSA) is 79.0 Å². The van der Waals surface area contributed by atoms with Crippen molar-refractivity contribution in [1.29, 1.82) is 0 Å². The Balaban J connectivity index is 1.71. The lowest BCUT2D eigenvalue weighted by Gasteiger charge is -2.37. The summed E-state index contributed by atoms with van der Waals surface area (Å²) in [4.78, 5) is 14.1. The van der Waals surface area contributed by atoms with E-state index in [1.54, 1.807) is 12.1 Å². The molecule has 8 heteroatoms. The number of carbonyl (C=O) groups excluding carboxylic acids is 1. The van der Waals surface area contributed by atoms with Crippen molar-refractivity contribution < 1.29 is 17.9 Å². The molecule has 24 heavy (non-hydrogen) atoms. The standard InChI is InChI=1S/C16H23N3O4S/c1-23-16(20)13-3-2-4-15(11-13)24(21,22)19-9-7-18(8-10-19)14-5-6-17-12-14/h2-4,11,14,17H,5-10,12H2,1H3. The highest BCUT2D eigenvalue weighted by atomic mass is 32.2. The van der Waals surface area contributed by atoms with Crippen LogP contribution in [0, 0.1) is 0 Å². The highest BCUT2D eigenvalue weighted by Crippen LogP contribution is 2.20. The first-order chi connectivity index (χ1) is 11.5. The van der Waals surface area contributed by atoms with E-state index in [-0.39, 0.29) is 10.5 Å². The molecular formula is C16H23N3O4S. The predicted octanol–water partition coefficient (Wildman–Crippen LogP) is 0.141. The van der Waals surface area contributed by atoms with Crippen molar-refractivity contribution in [1.82, 2.24) is 14.5 Å². The first-order valence-corrected chi connectivity index (χ1v) is 9.59. The maximum absolute atomic E-state index is 12.8. The zero-order valence-electron chi connectivity index (χ0n) is 13.8. The lowest BCUT2D eigenvalue weighted by molar-refractivity contribution is 0.0600. The number of esters is 1. The lowest BCUT2D eigenvalue weighted by Crippen LogP contribution is -2.52. The Kier molecular flexibility index (Phi) is 5.19. The smallest absolute Gasteiger partial charge is 0.337 e. The van der Waals surface area contributed by atoms with Crippen molar-refractivity contribution in [2.75, 3.05) is 46.4 Å². The van der Waals surface area contributed by atoms with Crippen LogP contribution >= 0.6 is 0 Å². The third-order valence-corrected chi connectivity index (χ3v) is 6.61. The minimum absolute atomic E-state index is 0.140. The number of nitrogens with zero attached hydrogens (tertiary/aromatic N) is 2. The molecule has 1 aromatic carbocycles. The second-order valence-electron chi connectivity index (χ2n) is 6.11. The molecule has 2 aliphatic rings. The number of methoxy groups -OCH3 is 1. The second kappa shape index (κ2) is 7.18. The van der Waals surface area contributed by atoms with Crippen molar-refractivity contribution in [2.24, 2.45) is 0 Å². The van der Waals surface area contributed by atoms with Gasteiger partial charge in [-0.15, -0.1) is 0 Å². The van der Waals surface area contributed by atoms with E-state index in [2.05, 4.69) is 15.0 Å². The van der Waals surface area contributed by atoms with E-state index in [0.717, 1.165) is 32.6 Å². The molecule has 1 aromatic rings. The Morgan fingerprint density at radius 1 is 1.25 bits per heavy atom. The number of hydrogen-bond donors (Lipinski definition) is 1. The summed E-state index contributed by atoms with van der Waals surface area (Å²) in [7, 11) is -2.31. The number of ether oxygens (including phenoxy) is 1. The molecule has 1 unspecified atom stereocenters. The van der Waals surface area contributed by atoms with Gasteiger partial charge in [-0.1, -0.05) is 6.07 Å². The molecule has 2 heterocycles. The summed E-state index contributed by atoms with van der Waals surface area (Å²) < 4.78 is 31.8. The monoisotopic (exact) mass is 353 g/mol. The van der Waals surface area contributed by atoms with Crippen LogP contribution < -0.4 is 5.32 Å². The van der Waals surface area contributed by atoms with E-state index < -0.39 is 16.0 Å². The van der Waals surface area contributed by atoms with E-state index in [0.29, 0.717) is 19.1 Å². The van der Waals surface area contributed by atoms with E-state index >= 15 is 0 Å². The van der Waals surface area contributed by atoms with Crippen LogP contribution in [0.1, 0.15) is 16.8 Å². The molecule has 0 spiro atoms. The Labute approximate surface area is 142 Å². The molecule has 0 radical (unpaired) electrons. The third kappa shape index (κ3) is 3.46. The van der Waals surface area contributed by atoms with E-state index in [4.69, 9.17) is 0 Å². The van der Waals surface area contributed by atoms with Gasteiger partial charge >= 0.3 is 5.97 Å². The van der Waals surface area contributed by atoms with Crippen LogP contribution in [-0.4, -0.2) is 76.0 Å². The van der Waals surface area contributed by atoms with Crippen LogP contribution in [0.3, 0.4) is 0 Å². The summed E-state index contributed by atoms with van der Waals surface area (Å²) in [6, 6.07) is 6.54. The normalized spacial score (nSPS) is 23.3. The zero-order valence-corrected chi connectivity index (χ0v) is 14.6. The summed E-state index contributed by atoms with van der Waals surface area (Å²) in [6.45, 7) is 4.44. The summed E-state index contributed by atoms with van der Waals surface area (Å²) in [6.07, 6.45) is 1.12. The number of piperazine rings is 1. The molecule has 2 saturated heterocycles. The van der Waals surface area contributed by atoms with Gasteiger partial charge in [0.15, 0.2) is 0 Å². The quantitative estimate of drug-likeness (QED) is 0.776. The Morgan fingerprint density at radius 3 is 2.62 bits per heavy atom. The minimum atomic E-state index is -3.59. The van der Waals surface area contributed by atoms with Gasteiger partial charge in [0.25, 0.3) is 0 Å². The molecule has 1 atom stereocenters. The average Bonchev–Trinajstić information content (AvgIpc) is 3.16. The van der Waals surface area contributed by atoms with Crippen LogP contribution in [0.25, 0.3) is 0 Å². The Hall–Kier alpha value is -1.48. The van der Waals surface area contributed by atoms with Crippen molar-refractivity contribution in [3.63, 3.8) is 0 Å². The molecule has 2 fully saturated rings. The highest BCUT2D eigenvalue weighted by Gasteiger charge is 2.32. The average molecular weight is 353 g/mol. The number of rotatable bonds is 4. The van der Waals surface area contributed by atoms with Gasteiger partial charge in [0.05, 0.1) is 17.6 Å². The number of nitrogens with one attached hydrogen (secondary N) is 1. The van der Waals surface area contributed by atoms with Gasteiger partial charge in [0.2, 0.25) is 10.0 Å². The molecule has 0 amide bonds. The van der Waals surface area contributed by atoms with Gasteiger partial charge in [0.1, 0.15) is 0 Å². The molecule has 0 aromatic heterocycles. The largest absolute Gasteiger partial charge is 0.465 e. The van der Waals surface area contributed by atoms with Gasteiger partial charge in [-0.3, -0.25) is 4.90 Å². The first-order valence-electron chi connectivity index (χ1n) is 8.15. The van der Waals surface area contributed by atoms with E-state index in [9.17, 15) is 13.2 Å². The second-order valence-corrected chi connectivity index (χ2v) is 8.04. The highest BCUT2D eigenvalue weighted by molar-refractivity contribution is 7.89. The van der Waals surface area contributed by atoms with Gasteiger partial charge in [-0.25, -0.2) is 13.2 Å².